The first kappa shape index (κ1) is 20.5. The topological polar surface area (TPSA) is 73.4 Å². The summed E-state index contributed by atoms with van der Waals surface area (Å²) in [4.78, 5) is 6.15. The van der Waals surface area contributed by atoms with Crippen LogP contribution in [0.3, 0.4) is 0 Å². The molecule has 2 unspecified atom stereocenters. The molecule has 0 saturated carbocycles. The van der Waals surface area contributed by atoms with Crippen LogP contribution in [0, 0.1) is 5.92 Å². The molecule has 7 heteroatoms. The number of benzene rings is 1. The van der Waals surface area contributed by atoms with Crippen LogP contribution in [0.2, 0.25) is 0 Å². The minimum absolute atomic E-state index is 0.644. The highest BCUT2D eigenvalue weighted by molar-refractivity contribution is 7.98. The van der Waals surface area contributed by atoms with E-state index in [2.05, 4.69) is 53.2 Å². The number of likely N-dealkylation sites (tertiary alicyclic amines) is 1. The molecule has 3 atom stereocenters. The summed E-state index contributed by atoms with van der Waals surface area (Å²) in [5, 5.41) is 1.51. The van der Waals surface area contributed by atoms with Crippen LogP contribution in [0.1, 0.15) is 23.5 Å². The van der Waals surface area contributed by atoms with E-state index in [-0.39, 0.29) is 0 Å². The first-order valence-corrected chi connectivity index (χ1v) is 12.4. The number of hydrogen-bond acceptors (Lipinski definition) is 4. The van der Waals surface area contributed by atoms with E-state index in [1.807, 2.05) is 11.8 Å². The zero-order valence-electron chi connectivity index (χ0n) is 15.9. The van der Waals surface area contributed by atoms with Gasteiger partial charge in [-0.2, -0.15) is 20.2 Å². The van der Waals surface area contributed by atoms with E-state index in [4.69, 9.17) is 4.55 Å². The molecular weight excluding hydrogens is 380 g/mol. The maximum Gasteiger partial charge on any atom is 0.261 e. The number of thioether (sulfide) groups is 1. The molecule has 5 nitrogen and oxygen atoms in total. The Morgan fingerprint density at radius 3 is 2.85 bits per heavy atom. The Balaban J connectivity index is 0.000000376. The van der Waals surface area contributed by atoms with Gasteiger partial charge in [-0.1, -0.05) is 18.2 Å². The van der Waals surface area contributed by atoms with E-state index in [0.29, 0.717) is 18.2 Å². The predicted molar refractivity (Wildman–Crippen MR) is 114 cm³/mol. The number of fused-ring (bicyclic) bond motifs is 2. The highest BCUT2D eigenvalue weighted by Crippen LogP contribution is 2.45. The fraction of sp³-hybridized carbons (Fsp3) is 0.500. The van der Waals surface area contributed by atoms with Crippen LogP contribution in [-0.2, 0) is 16.5 Å². The van der Waals surface area contributed by atoms with Crippen molar-refractivity contribution in [3.63, 3.8) is 0 Å². The lowest BCUT2D eigenvalue weighted by atomic mass is 9.72. The average Bonchev–Trinajstić information content (AvgIpc) is 3.00. The smallest absolute Gasteiger partial charge is 0.261 e. The molecule has 0 radical (unpaired) electrons. The number of aromatic nitrogens is 1. The fourth-order valence-electron chi connectivity index (χ4n) is 4.63. The van der Waals surface area contributed by atoms with Gasteiger partial charge in [-0.05, 0) is 48.0 Å². The van der Waals surface area contributed by atoms with Crippen molar-refractivity contribution >= 4 is 32.8 Å². The molecule has 2 aromatic rings. The fourth-order valence-corrected chi connectivity index (χ4v) is 5.34. The van der Waals surface area contributed by atoms with E-state index >= 15 is 0 Å². The van der Waals surface area contributed by atoms with Crippen LogP contribution in [0.15, 0.2) is 37.1 Å². The van der Waals surface area contributed by atoms with Crippen LogP contribution in [0.4, 0.5) is 0 Å². The minimum atomic E-state index is -3.67. The third kappa shape index (κ3) is 4.77. The van der Waals surface area contributed by atoms with E-state index in [1.54, 1.807) is 5.56 Å². The van der Waals surface area contributed by atoms with Crippen molar-refractivity contribution in [1.29, 1.82) is 0 Å². The number of piperidine rings is 1. The second kappa shape index (κ2) is 8.39. The normalized spacial score (nSPS) is 24.8. The molecule has 4 rings (SSSR count). The molecular formula is C20H28N2O3S2. The molecule has 1 fully saturated rings. The van der Waals surface area contributed by atoms with E-state index in [0.717, 1.165) is 12.5 Å². The zero-order chi connectivity index (χ0) is 19.6. The van der Waals surface area contributed by atoms with Gasteiger partial charge in [-0.15, -0.1) is 6.58 Å². The SMILES string of the molecule is C=CCN1CC(CSC)CC2c3cccc4[nH]cc(c34)C[C@H]21.CS(=O)(=O)O. The van der Waals surface area contributed by atoms with E-state index in [9.17, 15) is 8.42 Å². The Morgan fingerprint density at radius 1 is 1.44 bits per heavy atom. The predicted octanol–water partition coefficient (Wildman–Crippen LogP) is 3.55. The van der Waals surface area contributed by atoms with Gasteiger partial charge in [0.2, 0.25) is 0 Å². The third-order valence-electron chi connectivity index (χ3n) is 5.43. The van der Waals surface area contributed by atoms with E-state index in [1.165, 1.54) is 41.6 Å². The number of nitrogens with zero attached hydrogens (tertiary/aromatic N) is 1. The summed E-state index contributed by atoms with van der Waals surface area (Å²) >= 11 is 1.99. The van der Waals surface area contributed by atoms with Gasteiger partial charge in [0.1, 0.15) is 0 Å². The first-order chi connectivity index (χ1) is 12.8. The second-order valence-corrected chi connectivity index (χ2v) is 9.87. The van der Waals surface area contributed by atoms with Crippen LogP contribution in [-0.4, -0.2) is 60.3 Å². The molecule has 1 aromatic heterocycles. The van der Waals surface area contributed by atoms with Gasteiger partial charge in [-0.25, -0.2) is 0 Å². The molecule has 1 saturated heterocycles. The van der Waals surface area contributed by atoms with Crippen LogP contribution in [0.5, 0.6) is 0 Å². The van der Waals surface area contributed by atoms with Crippen molar-refractivity contribution in [2.75, 3.05) is 31.4 Å². The molecule has 1 aliphatic heterocycles. The van der Waals surface area contributed by atoms with Crippen molar-refractivity contribution in [1.82, 2.24) is 9.88 Å². The summed E-state index contributed by atoms with van der Waals surface area (Å²) in [6.45, 7) is 6.22. The molecule has 2 aliphatic rings. The molecule has 0 bridgehead atoms. The Kier molecular flexibility index (Phi) is 6.35. The van der Waals surface area contributed by atoms with Crippen LogP contribution in [0.25, 0.3) is 10.9 Å². The van der Waals surface area contributed by atoms with Gasteiger partial charge in [0.25, 0.3) is 10.1 Å². The summed E-state index contributed by atoms with van der Waals surface area (Å²) in [6.07, 6.45) is 9.77. The lowest BCUT2D eigenvalue weighted by molar-refractivity contribution is 0.105. The Bertz CT molecular complexity index is 899. The molecule has 2 heterocycles. The monoisotopic (exact) mass is 408 g/mol. The van der Waals surface area contributed by atoms with Crippen molar-refractivity contribution in [3.05, 3.63) is 48.2 Å². The highest BCUT2D eigenvalue weighted by Gasteiger charge is 2.40. The zero-order valence-corrected chi connectivity index (χ0v) is 17.5. The Labute approximate surface area is 166 Å². The number of rotatable bonds is 4. The molecule has 0 spiro atoms. The number of aromatic amines is 1. The summed E-state index contributed by atoms with van der Waals surface area (Å²) in [6, 6.07) is 7.44. The van der Waals surface area contributed by atoms with Crippen molar-refractivity contribution < 1.29 is 13.0 Å². The first-order valence-electron chi connectivity index (χ1n) is 9.17. The molecule has 0 amide bonds. The molecule has 2 N–H and O–H groups in total. The molecule has 1 aromatic carbocycles. The lowest BCUT2D eigenvalue weighted by Gasteiger charge is -2.47. The quantitative estimate of drug-likeness (QED) is 0.598. The van der Waals surface area contributed by atoms with Crippen LogP contribution >= 0.6 is 11.8 Å². The van der Waals surface area contributed by atoms with Gasteiger partial charge in [-0.3, -0.25) is 9.45 Å². The number of nitrogens with one attached hydrogen (secondary N) is 1. The summed E-state index contributed by atoms with van der Waals surface area (Å²) in [7, 11) is -3.67. The Hall–Kier alpha value is -1.28. The van der Waals surface area contributed by atoms with Gasteiger partial charge in [0.15, 0.2) is 0 Å². The van der Waals surface area contributed by atoms with E-state index < -0.39 is 10.1 Å². The molecule has 148 valence electrons. The summed E-state index contributed by atoms with van der Waals surface area (Å²) < 4.78 is 25.9. The highest BCUT2D eigenvalue weighted by atomic mass is 32.2. The van der Waals surface area contributed by atoms with Crippen molar-refractivity contribution in [2.24, 2.45) is 5.92 Å². The third-order valence-corrected chi connectivity index (χ3v) is 6.23. The van der Waals surface area contributed by atoms with Gasteiger partial charge < -0.3 is 4.98 Å². The number of H-pyrrole nitrogens is 1. The maximum absolute atomic E-state index is 9.19. The van der Waals surface area contributed by atoms with Crippen molar-refractivity contribution in [2.45, 2.75) is 24.8 Å². The molecule has 1 aliphatic carbocycles. The van der Waals surface area contributed by atoms with Crippen molar-refractivity contribution in [3.8, 4) is 0 Å². The standard InChI is InChI=1S/C19H24N2S.CH4O3S/c1-3-7-21-11-13(12-22-2)8-16-15-5-4-6-17-19(15)14(10-20-17)9-18(16)21;1-5(2,3)4/h3-6,10,13,16,18,20H,1,7-9,11-12H2,2H3;1H3,(H,2,3,4)/t13?,16?,18-;/m1./s1. The maximum atomic E-state index is 9.19. The lowest BCUT2D eigenvalue weighted by Crippen LogP contribution is -2.50. The average molecular weight is 409 g/mol. The van der Waals surface area contributed by atoms with Gasteiger partial charge >= 0.3 is 0 Å². The summed E-state index contributed by atoms with van der Waals surface area (Å²) in [5.74, 6) is 2.75. The largest absolute Gasteiger partial charge is 0.361 e. The Morgan fingerprint density at radius 2 is 2.19 bits per heavy atom. The summed E-state index contributed by atoms with van der Waals surface area (Å²) in [5.41, 5.74) is 4.39. The molecule has 27 heavy (non-hydrogen) atoms. The minimum Gasteiger partial charge on any atom is -0.361 e. The number of hydrogen-bond donors (Lipinski definition) is 2. The van der Waals surface area contributed by atoms with Gasteiger partial charge in [0, 0.05) is 42.1 Å². The van der Waals surface area contributed by atoms with Gasteiger partial charge in [0.05, 0.1) is 6.26 Å². The second-order valence-electron chi connectivity index (χ2n) is 7.49. The van der Waals surface area contributed by atoms with Crippen LogP contribution < -0.4 is 0 Å².